The molecule has 9 heteroatoms. The maximum Gasteiger partial charge on any atom is 0.513 e. The van der Waals surface area contributed by atoms with Gasteiger partial charge in [0.15, 0.2) is 0 Å². The third-order valence-corrected chi connectivity index (χ3v) is 2.26. The van der Waals surface area contributed by atoms with E-state index in [2.05, 4.69) is 10.3 Å². The molecule has 0 unspecified atom stereocenters. The number of hydrogen-bond acceptors (Lipinski definition) is 7. The summed E-state index contributed by atoms with van der Waals surface area (Å²) in [5, 5.41) is 17.7. The molecular formula is C11H10N4O5. The Labute approximate surface area is 112 Å². The molecule has 1 heterocycles. The SMILES string of the molecule is O=C(OCCn1ccnn1)Oc1ccc([N+](=O)[O-])cc1. The Morgan fingerprint density at radius 1 is 1.35 bits per heavy atom. The summed E-state index contributed by atoms with van der Waals surface area (Å²) in [4.78, 5) is 21.2. The third kappa shape index (κ3) is 3.77. The highest BCUT2D eigenvalue weighted by Crippen LogP contribution is 2.17. The van der Waals surface area contributed by atoms with E-state index in [0.717, 1.165) is 0 Å². The predicted molar refractivity (Wildman–Crippen MR) is 65.1 cm³/mol. The fraction of sp³-hybridized carbons (Fsp3) is 0.182. The van der Waals surface area contributed by atoms with E-state index in [1.165, 1.54) is 35.1 Å². The van der Waals surface area contributed by atoms with Crippen LogP contribution < -0.4 is 4.74 Å². The van der Waals surface area contributed by atoms with Crippen LogP contribution in [0.3, 0.4) is 0 Å². The van der Waals surface area contributed by atoms with E-state index in [0.29, 0.717) is 6.54 Å². The second kappa shape index (κ2) is 6.27. The quantitative estimate of drug-likeness (QED) is 0.352. The van der Waals surface area contributed by atoms with Gasteiger partial charge in [-0.2, -0.15) is 0 Å². The first-order chi connectivity index (χ1) is 9.65. The van der Waals surface area contributed by atoms with Gasteiger partial charge in [-0.05, 0) is 12.1 Å². The molecule has 0 atom stereocenters. The van der Waals surface area contributed by atoms with Gasteiger partial charge in [0.1, 0.15) is 12.4 Å². The van der Waals surface area contributed by atoms with Crippen LogP contribution in [0.4, 0.5) is 10.5 Å². The summed E-state index contributed by atoms with van der Waals surface area (Å²) in [6, 6.07) is 5.10. The van der Waals surface area contributed by atoms with Gasteiger partial charge in [-0.3, -0.25) is 10.1 Å². The van der Waals surface area contributed by atoms with Gasteiger partial charge in [-0.15, -0.1) is 5.10 Å². The molecule has 0 spiro atoms. The first kappa shape index (κ1) is 13.5. The second-order valence-electron chi connectivity index (χ2n) is 3.62. The Kier molecular flexibility index (Phi) is 4.22. The first-order valence-electron chi connectivity index (χ1n) is 5.58. The van der Waals surface area contributed by atoms with Crippen LogP contribution in [0.15, 0.2) is 36.7 Å². The van der Waals surface area contributed by atoms with Crippen LogP contribution in [-0.4, -0.2) is 32.7 Å². The van der Waals surface area contributed by atoms with Gasteiger partial charge in [0.25, 0.3) is 5.69 Å². The monoisotopic (exact) mass is 278 g/mol. The van der Waals surface area contributed by atoms with Crippen LogP contribution in [0.2, 0.25) is 0 Å². The number of rotatable bonds is 5. The lowest BCUT2D eigenvalue weighted by Gasteiger charge is -2.05. The van der Waals surface area contributed by atoms with E-state index in [1.807, 2.05) is 0 Å². The Bertz CT molecular complexity index is 581. The van der Waals surface area contributed by atoms with Crippen molar-refractivity contribution in [3.8, 4) is 5.75 Å². The van der Waals surface area contributed by atoms with Crippen LogP contribution in [0.25, 0.3) is 0 Å². The molecule has 1 aromatic heterocycles. The average Bonchev–Trinajstić information content (AvgIpc) is 2.92. The number of nitro benzene ring substituents is 1. The number of hydrogen-bond donors (Lipinski definition) is 0. The molecule has 0 fully saturated rings. The molecule has 0 amide bonds. The summed E-state index contributed by atoms with van der Waals surface area (Å²) >= 11 is 0. The molecule has 0 aliphatic carbocycles. The second-order valence-corrected chi connectivity index (χ2v) is 3.62. The summed E-state index contributed by atoms with van der Waals surface area (Å²) in [7, 11) is 0. The molecule has 0 saturated heterocycles. The minimum absolute atomic E-state index is 0.0785. The van der Waals surface area contributed by atoms with Crippen molar-refractivity contribution in [2.75, 3.05) is 6.61 Å². The zero-order valence-corrected chi connectivity index (χ0v) is 10.2. The van der Waals surface area contributed by atoms with Gasteiger partial charge in [-0.1, -0.05) is 5.21 Å². The molecule has 0 radical (unpaired) electrons. The molecular weight excluding hydrogens is 268 g/mol. The number of carbonyl (C=O) groups excluding carboxylic acids is 1. The van der Waals surface area contributed by atoms with Crippen molar-refractivity contribution in [3.63, 3.8) is 0 Å². The minimum atomic E-state index is -0.890. The lowest BCUT2D eigenvalue weighted by Crippen LogP contribution is -2.15. The molecule has 0 bridgehead atoms. The molecule has 0 N–H and O–H groups in total. The van der Waals surface area contributed by atoms with Gasteiger partial charge in [0.05, 0.1) is 17.7 Å². The zero-order chi connectivity index (χ0) is 14.4. The van der Waals surface area contributed by atoms with Crippen molar-refractivity contribution in [1.29, 1.82) is 0 Å². The van der Waals surface area contributed by atoms with Crippen molar-refractivity contribution in [1.82, 2.24) is 15.0 Å². The molecule has 20 heavy (non-hydrogen) atoms. The number of carbonyl (C=O) groups is 1. The normalized spacial score (nSPS) is 10.0. The predicted octanol–water partition coefficient (Wildman–Crippen LogP) is 1.40. The van der Waals surface area contributed by atoms with Gasteiger partial charge in [0.2, 0.25) is 0 Å². The zero-order valence-electron chi connectivity index (χ0n) is 10.2. The Hall–Kier alpha value is -2.97. The van der Waals surface area contributed by atoms with E-state index < -0.39 is 11.1 Å². The number of nitrogens with zero attached hydrogens (tertiary/aromatic N) is 4. The number of non-ortho nitro benzene ring substituents is 1. The summed E-state index contributed by atoms with van der Waals surface area (Å²) in [5.41, 5.74) is -0.0862. The number of nitro groups is 1. The highest BCUT2D eigenvalue weighted by molar-refractivity contribution is 5.63. The largest absolute Gasteiger partial charge is 0.513 e. The molecule has 104 valence electrons. The van der Waals surface area contributed by atoms with Gasteiger partial charge < -0.3 is 9.47 Å². The third-order valence-electron chi connectivity index (χ3n) is 2.26. The summed E-state index contributed by atoms with van der Waals surface area (Å²) in [6.45, 7) is 0.435. The average molecular weight is 278 g/mol. The van der Waals surface area contributed by atoms with E-state index >= 15 is 0 Å². The van der Waals surface area contributed by atoms with Crippen molar-refractivity contribution in [3.05, 3.63) is 46.8 Å². The topological polar surface area (TPSA) is 109 Å². The maximum absolute atomic E-state index is 11.3. The molecule has 1 aromatic carbocycles. The Morgan fingerprint density at radius 3 is 2.70 bits per heavy atom. The lowest BCUT2D eigenvalue weighted by atomic mass is 10.3. The van der Waals surface area contributed by atoms with Crippen LogP contribution in [0.1, 0.15) is 0 Å². The number of ether oxygens (including phenoxy) is 2. The van der Waals surface area contributed by atoms with Crippen molar-refractivity contribution in [2.24, 2.45) is 0 Å². The van der Waals surface area contributed by atoms with Crippen molar-refractivity contribution in [2.45, 2.75) is 6.54 Å². The first-order valence-corrected chi connectivity index (χ1v) is 5.58. The maximum atomic E-state index is 11.3. The standard InChI is InChI=1S/C11H10N4O5/c16-11(19-8-7-14-6-5-12-13-14)20-10-3-1-9(2-4-10)15(17)18/h1-6H,7-8H2. The van der Waals surface area contributed by atoms with Gasteiger partial charge >= 0.3 is 6.16 Å². The van der Waals surface area contributed by atoms with Crippen molar-refractivity contribution < 1.29 is 19.2 Å². The number of aromatic nitrogens is 3. The van der Waals surface area contributed by atoms with Crippen LogP contribution in [0.5, 0.6) is 5.75 Å². The van der Waals surface area contributed by atoms with Crippen LogP contribution in [0, 0.1) is 10.1 Å². The smallest absolute Gasteiger partial charge is 0.432 e. The molecule has 0 saturated carbocycles. The highest BCUT2D eigenvalue weighted by atomic mass is 16.7. The van der Waals surface area contributed by atoms with Crippen LogP contribution >= 0.6 is 0 Å². The van der Waals surface area contributed by atoms with E-state index in [9.17, 15) is 14.9 Å². The van der Waals surface area contributed by atoms with Gasteiger partial charge in [-0.25, -0.2) is 9.48 Å². The molecule has 9 nitrogen and oxygen atoms in total. The molecule has 2 rings (SSSR count). The van der Waals surface area contributed by atoms with Gasteiger partial charge in [0, 0.05) is 18.3 Å². The van der Waals surface area contributed by atoms with Crippen LogP contribution in [-0.2, 0) is 11.3 Å². The fourth-order valence-corrected chi connectivity index (χ4v) is 1.34. The Morgan fingerprint density at radius 2 is 2.10 bits per heavy atom. The van der Waals surface area contributed by atoms with Crippen molar-refractivity contribution >= 4 is 11.8 Å². The lowest BCUT2D eigenvalue weighted by molar-refractivity contribution is -0.384. The summed E-state index contributed by atoms with van der Waals surface area (Å²) in [6.07, 6.45) is 2.25. The van der Waals surface area contributed by atoms with E-state index in [-0.39, 0.29) is 18.0 Å². The molecule has 0 aliphatic rings. The summed E-state index contributed by atoms with van der Waals surface area (Å²) < 4.78 is 11.2. The number of benzene rings is 1. The summed E-state index contributed by atoms with van der Waals surface area (Å²) in [5.74, 6) is 0.168. The fourth-order valence-electron chi connectivity index (χ4n) is 1.34. The Balaban J connectivity index is 1.77. The molecule has 2 aromatic rings. The van der Waals surface area contributed by atoms with E-state index in [1.54, 1.807) is 6.20 Å². The van der Waals surface area contributed by atoms with E-state index in [4.69, 9.17) is 9.47 Å². The minimum Gasteiger partial charge on any atom is -0.432 e. The molecule has 0 aliphatic heterocycles. The highest BCUT2D eigenvalue weighted by Gasteiger charge is 2.09.